The van der Waals surface area contributed by atoms with Crippen LogP contribution in [0.4, 0.5) is 0 Å². The Hall–Kier alpha value is -1.49. The third-order valence-electron chi connectivity index (χ3n) is 2.26. The second-order valence-electron chi connectivity index (χ2n) is 3.66. The first kappa shape index (κ1) is 13.6. The standard InChI is InChI=1S/C11H14ClNO4/c1-2-3-7(6-9(14)15)13-11(16)8-4-5-17-10(8)12/h4-5,7H,2-3,6H2,1H3,(H,13,16)(H,14,15). The molecule has 1 atom stereocenters. The number of carboxylic acid groups (broad SMARTS) is 1. The molecule has 0 saturated carbocycles. The maximum Gasteiger partial charge on any atom is 0.305 e. The molecule has 0 aromatic carbocycles. The third-order valence-corrected chi connectivity index (χ3v) is 2.55. The SMILES string of the molecule is CCCC(CC(=O)O)NC(=O)c1ccoc1Cl. The summed E-state index contributed by atoms with van der Waals surface area (Å²) in [4.78, 5) is 22.4. The number of hydrogen-bond donors (Lipinski definition) is 2. The average Bonchev–Trinajstić information content (AvgIpc) is 2.63. The van der Waals surface area contributed by atoms with Gasteiger partial charge in [-0.05, 0) is 24.1 Å². The first-order valence-electron chi connectivity index (χ1n) is 5.30. The van der Waals surface area contributed by atoms with Crippen molar-refractivity contribution in [3.63, 3.8) is 0 Å². The van der Waals surface area contributed by atoms with Crippen LogP contribution in [-0.4, -0.2) is 23.0 Å². The van der Waals surface area contributed by atoms with Gasteiger partial charge in [-0.3, -0.25) is 9.59 Å². The molecule has 6 heteroatoms. The number of rotatable bonds is 6. The Kier molecular flexibility index (Phi) is 5.03. The molecule has 1 aromatic rings. The van der Waals surface area contributed by atoms with Crippen molar-refractivity contribution < 1.29 is 19.1 Å². The van der Waals surface area contributed by atoms with E-state index in [0.717, 1.165) is 6.42 Å². The highest BCUT2D eigenvalue weighted by Crippen LogP contribution is 2.17. The van der Waals surface area contributed by atoms with E-state index >= 15 is 0 Å². The molecule has 0 aliphatic carbocycles. The summed E-state index contributed by atoms with van der Waals surface area (Å²) in [7, 11) is 0. The van der Waals surface area contributed by atoms with Gasteiger partial charge in [-0.2, -0.15) is 0 Å². The zero-order chi connectivity index (χ0) is 12.8. The van der Waals surface area contributed by atoms with Crippen molar-refractivity contribution in [3.8, 4) is 0 Å². The Morgan fingerprint density at radius 1 is 1.59 bits per heavy atom. The number of nitrogens with one attached hydrogen (secondary N) is 1. The highest BCUT2D eigenvalue weighted by atomic mass is 35.5. The van der Waals surface area contributed by atoms with Gasteiger partial charge >= 0.3 is 5.97 Å². The zero-order valence-corrected chi connectivity index (χ0v) is 10.2. The number of hydrogen-bond acceptors (Lipinski definition) is 3. The molecule has 0 saturated heterocycles. The molecule has 0 fully saturated rings. The highest BCUT2D eigenvalue weighted by molar-refractivity contribution is 6.32. The van der Waals surface area contributed by atoms with Crippen LogP contribution in [0.3, 0.4) is 0 Å². The van der Waals surface area contributed by atoms with Crippen molar-refractivity contribution in [1.29, 1.82) is 0 Å². The van der Waals surface area contributed by atoms with Gasteiger partial charge < -0.3 is 14.8 Å². The smallest absolute Gasteiger partial charge is 0.305 e. The van der Waals surface area contributed by atoms with Gasteiger partial charge in [-0.25, -0.2) is 0 Å². The Morgan fingerprint density at radius 2 is 2.29 bits per heavy atom. The fraction of sp³-hybridized carbons (Fsp3) is 0.455. The summed E-state index contributed by atoms with van der Waals surface area (Å²) in [5, 5.41) is 11.3. The highest BCUT2D eigenvalue weighted by Gasteiger charge is 2.19. The predicted molar refractivity (Wildman–Crippen MR) is 62.1 cm³/mol. The van der Waals surface area contributed by atoms with E-state index in [2.05, 4.69) is 5.32 Å². The Labute approximate surface area is 104 Å². The molecule has 2 N–H and O–H groups in total. The summed E-state index contributed by atoms with van der Waals surface area (Å²) in [5.74, 6) is -1.36. The number of carbonyl (C=O) groups is 2. The molecule has 5 nitrogen and oxygen atoms in total. The average molecular weight is 260 g/mol. The van der Waals surface area contributed by atoms with Gasteiger partial charge in [0.25, 0.3) is 5.91 Å². The molecule has 0 aliphatic rings. The summed E-state index contributed by atoms with van der Waals surface area (Å²) in [6, 6.07) is 1.05. The maximum atomic E-state index is 11.7. The normalized spacial score (nSPS) is 12.1. The lowest BCUT2D eigenvalue weighted by molar-refractivity contribution is -0.137. The van der Waals surface area contributed by atoms with Gasteiger partial charge in [-0.1, -0.05) is 13.3 Å². The lowest BCUT2D eigenvalue weighted by Gasteiger charge is -2.15. The number of halogens is 1. The van der Waals surface area contributed by atoms with E-state index in [4.69, 9.17) is 21.1 Å². The fourth-order valence-electron chi connectivity index (χ4n) is 1.50. The number of carbonyl (C=O) groups excluding carboxylic acids is 1. The lowest BCUT2D eigenvalue weighted by atomic mass is 10.1. The van der Waals surface area contributed by atoms with Crippen LogP contribution in [0.25, 0.3) is 0 Å². The van der Waals surface area contributed by atoms with Crippen molar-refractivity contribution in [2.75, 3.05) is 0 Å². The van der Waals surface area contributed by atoms with Crippen molar-refractivity contribution in [3.05, 3.63) is 23.1 Å². The number of amides is 1. The molecular weight excluding hydrogens is 246 g/mol. The van der Waals surface area contributed by atoms with Crippen LogP contribution in [-0.2, 0) is 4.79 Å². The first-order valence-corrected chi connectivity index (χ1v) is 5.68. The van der Waals surface area contributed by atoms with Crippen LogP contribution in [0.2, 0.25) is 5.22 Å². The fourth-order valence-corrected chi connectivity index (χ4v) is 1.70. The zero-order valence-electron chi connectivity index (χ0n) is 9.40. The van der Waals surface area contributed by atoms with Gasteiger partial charge in [0.1, 0.15) is 0 Å². The molecule has 0 radical (unpaired) electrons. The molecule has 1 heterocycles. The maximum absolute atomic E-state index is 11.7. The minimum Gasteiger partial charge on any atom is -0.481 e. The number of furan rings is 1. The van der Waals surface area contributed by atoms with E-state index in [-0.39, 0.29) is 17.2 Å². The van der Waals surface area contributed by atoms with E-state index in [9.17, 15) is 9.59 Å². The van der Waals surface area contributed by atoms with Gasteiger partial charge in [-0.15, -0.1) is 0 Å². The lowest BCUT2D eigenvalue weighted by Crippen LogP contribution is -2.36. The number of aliphatic carboxylic acids is 1. The predicted octanol–water partition coefficient (Wildman–Crippen LogP) is 2.31. The van der Waals surface area contributed by atoms with Crippen LogP contribution < -0.4 is 5.32 Å². The van der Waals surface area contributed by atoms with Crippen molar-refractivity contribution in [1.82, 2.24) is 5.32 Å². The molecular formula is C11H14ClNO4. The Morgan fingerprint density at radius 3 is 2.76 bits per heavy atom. The van der Waals surface area contributed by atoms with E-state index in [1.54, 1.807) is 0 Å². The van der Waals surface area contributed by atoms with Crippen LogP contribution in [0.15, 0.2) is 16.7 Å². The molecule has 0 spiro atoms. The molecule has 1 unspecified atom stereocenters. The van der Waals surface area contributed by atoms with Gasteiger partial charge in [0.2, 0.25) is 5.22 Å². The minimum absolute atomic E-state index is 0.00748. The second-order valence-corrected chi connectivity index (χ2v) is 4.01. The Balaban J connectivity index is 2.64. The van der Waals surface area contributed by atoms with Crippen molar-refractivity contribution in [2.24, 2.45) is 0 Å². The van der Waals surface area contributed by atoms with E-state index < -0.39 is 17.9 Å². The molecule has 1 amide bonds. The quantitative estimate of drug-likeness (QED) is 0.822. The molecule has 0 aliphatic heterocycles. The molecule has 94 valence electrons. The Bertz CT molecular complexity index is 402. The summed E-state index contributed by atoms with van der Waals surface area (Å²) >= 11 is 5.66. The van der Waals surface area contributed by atoms with E-state index in [1.807, 2.05) is 6.92 Å². The van der Waals surface area contributed by atoms with Crippen LogP contribution in [0.5, 0.6) is 0 Å². The molecule has 0 bridgehead atoms. The third kappa shape index (κ3) is 4.11. The van der Waals surface area contributed by atoms with Gasteiger partial charge in [0, 0.05) is 6.04 Å². The largest absolute Gasteiger partial charge is 0.481 e. The van der Waals surface area contributed by atoms with Gasteiger partial charge in [0.05, 0.1) is 18.2 Å². The topological polar surface area (TPSA) is 79.5 Å². The molecule has 17 heavy (non-hydrogen) atoms. The van der Waals surface area contributed by atoms with Crippen molar-refractivity contribution >= 4 is 23.5 Å². The monoisotopic (exact) mass is 259 g/mol. The van der Waals surface area contributed by atoms with Crippen LogP contribution in [0.1, 0.15) is 36.5 Å². The first-order chi connectivity index (χ1) is 8.04. The summed E-state index contributed by atoms with van der Waals surface area (Å²) in [6.45, 7) is 1.92. The van der Waals surface area contributed by atoms with E-state index in [1.165, 1.54) is 12.3 Å². The van der Waals surface area contributed by atoms with Crippen LogP contribution >= 0.6 is 11.6 Å². The van der Waals surface area contributed by atoms with Crippen LogP contribution in [0, 0.1) is 0 Å². The molecule has 1 rings (SSSR count). The number of carboxylic acids is 1. The summed E-state index contributed by atoms with van der Waals surface area (Å²) < 4.78 is 4.80. The van der Waals surface area contributed by atoms with Gasteiger partial charge in [0.15, 0.2) is 0 Å². The second kappa shape index (κ2) is 6.30. The molecule has 1 aromatic heterocycles. The van der Waals surface area contributed by atoms with Crippen molar-refractivity contribution in [2.45, 2.75) is 32.2 Å². The minimum atomic E-state index is -0.943. The summed E-state index contributed by atoms with van der Waals surface area (Å²) in [5.41, 5.74) is 0.221. The summed E-state index contributed by atoms with van der Waals surface area (Å²) in [6.07, 6.45) is 2.60. The van der Waals surface area contributed by atoms with E-state index in [0.29, 0.717) is 6.42 Å².